The third-order valence-electron chi connectivity index (χ3n) is 8.69. The van der Waals surface area contributed by atoms with E-state index >= 15 is 4.39 Å². The highest BCUT2D eigenvalue weighted by Crippen LogP contribution is 2.43. The Kier molecular flexibility index (Phi) is 7.74. The zero-order chi connectivity index (χ0) is 28.7. The molecule has 1 saturated carbocycles. The van der Waals surface area contributed by atoms with Gasteiger partial charge >= 0.3 is 0 Å². The third-order valence-corrected chi connectivity index (χ3v) is 8.99. The number of piperidine rings is 1. The molecule has 0 radical (unpaired) electrons. The van der Waals surface area contributed by atoms with Gasteiger partial charge in [-0.15, -0.1) is 0 Å². The molecule has 2 aliphatic heterocycles. The maximum absolute atomic E-state index is 16.4. The number of carbonyl (C=O) groups is 1. The van der Waals surface area contributed by atoms with Crippen molar-refractivity contribution in [2.24, 2.45) is 5.92 Å². The average molecular weight is 579 g/mol. The Morgan fingerprint density at radius 2 is 1.85 bits per heavy atom. The summed E-state index contributed by atoms with van der Waals surface area (Å²) in [5, 5.41) is 14.7. The molecular weight excluding hydrogens is 543 g/mol. The average Bonchev–Trinajstić information content (AvgIpc) is 3.83. The quantitative estimate of drug-likeness (QED) is 0.372. The minimum absolute atomic E-state index is 0.0432. The lowest BCUT2D eigenvalue weighted by molar-refractivity contribution is -0.126. The molecule has 0 atom stereocenters. The molecule has 1 aromatic heterocycles. The van der Waals surface area contributed by atoms with Crippen molar-refractivity contribution in [3.05, 3.63) is 53.3 Å². The molecule has 2 saturated heterocycles. The maximum Gasteiger partial charge on any atom is 0.246 e. The first-order chi connectivity index (χ1) is 19.8. The smallest absolute Gasteiger partial charge is 0.246 e. The number of halogens is 2. The van der Waals surface area contributed by atoms with E-state index < -0.39 is 5.82 Å². The molecule has 3 heterocycles. The molecule has 1 aliphatic carbocycles. The SMILES string of the molecule is C=CC(=O)N1CCN(c2nc(NCC3CCN(C4CC4)CC3)nc3c(F)c(-c4c(C)cccc4O)c(Cl)cc23)CC1. The predicted octanol–water partition coefficient (Wildman–Crippen LogP) is 5.22. The lowest BCUT2D eigenvalue weighted by Gasteiger charge is -2.35. The number of phenols is 1. The van der Waals surface area contributed by atoms with E-state index in [1.165, 1.54) is 25.0 Å². The number of piperazine rings is 1. The first-order valence-electron chi connectivity index (χ1n) is 14.5. The number of hydrogen-bond donors (Lipinski definition) is 2. The van der Waals surface area contributed by atoms with Crippen LogP contribution in [0.25, 0.3) is 22.0 Å². The van der Waals surface area contributed by atoms with Crippen LogP contribution in [0.3, 0.4) is 0 Å². The van der Waals surface area contributed by atoms with Crippen LogP contribution in [0, 0.1) is 18.7 Å². The van der Waals surface area contributed by atoms with Crippen LogP contribution in [0.15, 0.2) is 36.9 Å². The van der Waals surface area contributed by atoms with Gasteiger partial charge in [-0.05, 0) is 75.4 Å². The fraction of sp³-hybridized carbons (Fsp3) is 0.452. The van der Waals surface area contributed by atoms with Gasteiger partial charge in [-0.2, -0.15) is 4.98 Å². The van der Waals surface area contributed by atoms with Crippen molar-refractivity contribution in [3.8, 4) is 16.9 Å². The lowest BCUT2D eigenvalue weighted by atomic mass is 9.96. The maximum atomic E-state index is 16.4. The standard InChI is InChI=1S/C31H36ClFN6O2/c1-3-25(41)38-13-15-39(16-14-38)30-22-17-23(32)27(26-19(2)5-4-6-24(26)40)28(33)29(22)35-31(36-30)34-18-20-9-11-37(12-10-20)21-7-8-21/h3-6,17,20-21,40H,1,7-16,18H2,2H3,(H,34,35,36). The van der Waals surface area contributed by atoms with Crippen molar-refractivity contribution in [3.63, 3.8) is 0 Å². The second kappa shape index (κ2) is 11.4. The number of aromatic hydroxyl groups is 1. The molecule has 3 aliphatic rings. The zero-order valence-electron chi connectivity index (χ0n) is 23.4. The summed E-state index contributed by atoms with van der Waals surface area (Å²) in [4.78, 5) is 28.1. The summed E-state index contributed by atoms with van der Waals surface area (Å²) in [7, 11) is 0. The number of benzene rings is 2. The van der Waals surface area contributed by atoms with Crippen LogP contribution >= 0.6 is 11.6 Å². The summed E-state index contributed by atoms with van der Waals surface area (Å²) in [6, 6.07) is 7.53. The summed E-state index contributed by atoms with van der Waals surface area (Å²) in [5.41, 5.74) is 1.33. The molecule has 2 N–H and O–H groups in total. The van der Waals surface area contributed by atoms with Gasteiger partial charge in [0.05, 0.1) is 5.02 Å². The molecule has 0 unspecified atom stereocenters. The second-order valence-corrected chi connectivity index (χ2v) is 11.8. The Morgan fingerprint density at radius 3 is 2.51 bits per heavy atom. The predicted molar refractivity (Wildman–Crippen MR) is 161 cm³/mol. The third kappa shape index (κ3) is 5.57. The number of anilines is 2. The Bertz CT molecular complexity index is 1460. The number of fused-ring (bicyclic) bond motifs is 1. The zero-order valence-corrected chi connectivity index (χ0v) is 24.1. The summed E-state index contributed by atoms with van der Waals surface area (Å²) >= 11 is 6.71. The fourth-order valence-electron chi connectivity index (χ4n) is 6.17. The van der Waals surface area contributed by atoms with Crippen LogP contribution in [-0.2, 0) is 4.79 Å². The number of hydrogen-bond acceptors (Lipinski definition) is 7. The Labute approximate surface area is 244 Å². The largest absolute Gasteiger partial charge is 0.507 e. The number of likely N-dealkylation sites (tertiary alicyclic amines) is 1. The molecule has 0 spiro atoms. The number of aryl methyl sites for hydroxylation is 1. The molecular formula is C31H36ClFN6O2. The second-order valence-electron chi connectivity index (χ2n) is 11.4. The van der Waals surface area contributed by atoms with Gasteiger partial charge in [0.25, 0.3) is 0 Å². The van der Waals surface area contributed by atoms with Crippen LogP contribution in [-0.4, -0.2) is 82.6 Å². The molecule has 10 heteroatoms. The van der Waals surface area contributed by atoms with E-state index in [4.69, 9.17) is 16.6 Å². The van der Waals surface area contributed by atoms with E-state index in [2.05, 4.69) is 26.7 Å². The number of phenolic OH excluding ortho intramolecular Hbond substituents is 1. The highest BCUT2D eigenvalue weighted by molar-refractivity contribution is 6.34. The molecule has 1 amide bonds. The van der Waals surface area contributed by atoms with Crippen LogP contribution in [0.4, 0.5) is 16.2 Å². The topological polar surface area (TPSA) is 84.8 Å². The van der Waals surface area contributed by atoms with Crippen molar-refractivity contribution in [1.82, 2.24) is 19.8 Å². The van der Waals surface area contributed by atoms with E-state index in [0.717, 1.165) is 32.0 Å². The Hall–Kier alpha value is -3.43. The van der Waals surface area contributed by atoms with Crippen molar-refractivity contribution in [2.75, 3.05) is 56.0 Å². The van der Waals surface area contributed by atoms with Gasteiger partial charge in [0, 0.05) is 55.3 Å². The number of carbonyl (C=O) groups excluding carboxylic acids is 1. The summed E-state index contributed by atoms with van der Waals surface area (Å²) in [5.74, 6) is 0.691. The number of nitrogens with zero attached hydrogens (tertiary/aromatic N) is 5. The van der Waals surface area contributed by atoms with E-state index in [1.54, 1.807) is 17.0 Å². The van der Waals surface area contributed by atoms with Crippen molar-refractivity contribution < 1.29 is 14.3 Å². The molecule has 41 heavy (non-hydrogen) atoms. The molecule has 0 bridgehead atoms. The minimum Gasteiger partial charge on any atom is -0.507 e. The first kappa shape index (κ1) is 27.7. The van der Waals surface area contributed by atoms with E-state index in [9.17, 15) is 9.90 Å². The molecule has 6 rings (SSSR count). The Balaban J connectivity index is 1.35. The molecule has 8 nitrogen and oxygen atoms in total. The molecule has 2 aromatic carbocycles. The van der Waals surface area contributed by atoms with Gasteiger partial charge in [0.15, 0.2) is 5.82 Å². The first-order valence-corrected chi connectivity index (χ1v) is 14.8. The highest BCUT2D eigenvalue weighted by Gasteiger charge is 2.32. The van der Waals surface area contributed by atoms with Crippen LogP contribution in [0.2, 0.25) is 5.02 Å². The van der Waals surface area contributed by atoms with Gasteiger partial charge in [-0.3, -0.25) is 4.79 Å². The van der Waals surface area contributed by atoms with Crippen molar-refractivity contribution in [1.29, 1.82) is 0 Å². The van der Waals surface area contributed by atoms with Crippen molar-refractivity contribution in [2.45, 2.75) is 38.6 Å². The van der Waals surface area contributed by atoms with Gasteiger partial charge in [0.2, 0.25) is 11.9 Å². The summed E-state index contributed by atoms with van der Waals surface area (Å²) in [6.07, 6.45) is 6.20. The molecule has 216 valence electrons. The number of aromatic nitrogens is 2. The van der Waals surface area contributed by atoms with Crippen LogP contribution in [0.1, 0.15) is 31.2 Å². The molecule has 3 fully saturated rings. The number of nitrogens with one attached hydrogen (secondary N) is 1. The monoisotopic (exact) mass is 578 g/mol. The van der Waals surface area contributed by atoms with Crippen molar-refractivity contribution >= 4 is 40.2 Å². The normalized spacial score (nSPS) is 18.6. The van der Waals surface area contributed by atoms with Crippen LogP contribution < -0.4 is 10.2 Å². The summed E-state index contributed by atoms with van der Waals surface area (Å²) in [6.45, 7) is 10.4. The minimum atomic E-state index is -0.595. The lowest BCUT2D eigenvalue weighted by Crippen LogP contribution is -2.48. The van der Waals surface area contributed by atoms with E-state index in [-0.39, 0.29) is 27.8 Å². The number of amides is 1. The number of rotatable bonds is 7. The summed E-state index contributed by atoms with van der Waals surface area (Å²) < 4.78 is 16.4. The fourth-order valence-corrected chi connectivity index (χ4v) is 6.46. The van der Waals surface area contributed by atoms with Gasteiger partial charge in [0.1, 0.15) is 17.1 Å². The van der Waals surface area contributed by atoms with Gasteiger partial charge in [-0.25, -0.2) is 9.37 Å². The van der Waals surface area contributed by atoms with E-state index in [1.807, 2.05) is 13.0 Å². The van der Waals surface area contributed by atoms with Gasteiger partial charge < -0.3 is 25.1 Å². The van der Waals surface area contributed by atoms with E-state index in [0.29, 0.717) is 66.9 Å². The molecule has 3 aromatic rings. The Morgan fingerprint density at radius 1 is 1.12 bits per heavy atom. The van der Waals surface area contributed by atoms with Gasteiger partial charge in [-0.1, -0.05) is 30.3 Å². The highest BCUT2D eigenvalue weighted by atomic mass is 35.5. The van der Waals surface area contributed by atoms with Crippen LogP contribution in [0.5, 0.6) is 5.75 Å².